The maximum absolute atomic E-state index is 11.9. The van der Waals surface area contributed by atoms with E-state index in [1.807, 2.05) is 24.3 Å². The van der Waals surface area contributed by atoms with Gasteiger partial charge in [-0.25, -0.2) is 0 Å². The monoisotopic (exact) mass is 303 g/mol. The van der Waals surface area contributed by atoms with Crippen molar-refractivity contribution in [3.05, 3.63) is 36.0 Å². The molecule has 0 aliphatic carbocycles. The highest BCUT2D eigenvalue weighted by molar-refractivity contribution is 5.99. The zero-order valence-electron chi connectivity index (χ0n) is 12.1. The molecule has 0 aliphatic rings. The fourth-order valence-electron chi connectivity index (χ4n) is 1.87. The van der Waals surface area contributed by atoms with Crippen LogP contribution in [0.15, 0.2) is 30.3 Å². The maximum Gasteiger partial charge on any atom is 0.308 e. The summed E-state index contributed by atoms with van der Waals surface area (Å²) in [6.07, 6.45) is 0. The molecule has 4 N–H and O–H groups in total. The number of H-pyrrole nitrogens is 1. The van der Waals surface area contributed by atoms with E-state index in [-0.39, 0.29) is 13.1 Å². The van der Waals surface area contributed by atoms with E-state index in [1.54, 1.807) is 6.07 Å². The van der Waals surface area contributed by atoms with Crippen molar-refractivity contribution in [3.8, 4) is 0 Å². The number of hydrogen-bond donors (Lipinski definition) is 4. The standard InChI is InChI=1S/C15H17N3O4/c1-9(15(21)22)7-16-13(19)8-17-14(20)12-6-10-4-2-3-5-11(10)18-12/h2-6,9,18H,7-8H2,1H3,(H,16,19)(H,17,20)(H,21,22). The Hall–Kier alpha value is -2.83. The van der Waals surface area contributed by atoms with E-state index in [1.165, 1.54) is 6.92 Å². The average Bonchev–Trinajstić information content (AvgIpc) is 2.94. The zero-order chi connectivity index (χ0) is 16.1. The number of amides is 2. The van der Waals surface area contributed by atoms with Gasteiger partial charge in [0, 0.05) is 17.4 Å². The van der Waals surface area contributed by atoms with Crippen LogP contribution in [0.2, 0.25) is 0 Å². The van der Waals surface area contributed by atoms with Gasteiger partial charge in [-0.05, 0) is 12.1 Å². The molecule has 22 heavy (non-hydrogen) atoms. The smallest absolute Gasteiger partial charge is 0.308 e. The molecule has 7 heteroatoms. The summed E-state index contributed by atoms with van der Waals surface area (Å²) in [5.41, 5.74) is 1.21. The van der Waals surface area contributed by atoms with Crippen LogP contribution in [0.5, 0.6) is 0 Å². The van der Waals surface area contributed by atoms with Gasteiger partial charge in [-0.1, -0.05) is 25.1 Å². The van der Waals surface area contributed by atoms with Gasteiger partial charge in [0.15, 0.2) is 0 Å². The number of benzene rings is 1. The number of fused-ring (bicyclic) bond motifs is 1. The summed E-state index contributed by atoms with van der Waals surface area (Å²) in [5.74, 6) is -2.48. The van der Waals surface area contributed by atoms with E-state index >= 15 is 0 Å². The molecule has 0 saturated heterocycles. The molecule has 2 rings (SSSR count). The summed E-state index contributed by atoms with van der Waals surface area (Å²) >= 11 is 0. The predicted molar refractivity (Wildman–Crippen MR) is 80.4 cm³/mol. The summed E-state index contributed by atoms with van der Waals surface area (Å²) in [7, 11) is 0. The van der Waals surface area contributed by atoms with Crippen molar-refractivity contribution in [1.29, 1.82) is 0 Å². The number of hydrogen-bond acceptors (Lipinski definition) is 3. The van der Waals surface area contributed by atoms with Crippen molar-refractivity contribution < 1.29 is 19.5 Å². The topological polar surface area (TPSA) is 111 Å². The molecule has 0 saturated carbocycles. The van der Waals surface area contributed by atoms with E-state index < -0.39 is 23.7 Å². The maximum atomic E-state index is 11.9. The van der Waals surface area contributed by atoms with Crippen LogP contribution in [0.25, 0.3) is 10.9 Å². The molecule has 0 fully saturated rings. The van der Waals surface area contributed by atoms with Crippen molar-refractivity contribution in [2.75, 3.05) is 13.1 Å². The van der Waals surface area contributed by atoms with Crippen LogP contribution in [-0.4, -0.2) is 41.0 Å². The van der Waals surface area contributed by atoms with Crippen LogP contribution in [0, 0.1) is 5.92 Å². The molecule has 2 amide bonds. The third-order valence-electron chi connectivity index (χ3n) is 3.21. The van der Waals surface area contributed by atoms with Crippen LogP contribution in [0.4, 0.5) is 0 Å². The van der Waals surface area contributed by atoms with E-state index in [9.17, 15) is 14.4 Å². The van der Waals surface area contributed by atoms with Crippen LogP contribution in [-0.2, 0) is 9.59 Å². The van der Waals surface area contributed by atoms with E-state index in [0.29, 0.717) is 5.69 Å². The first-order valence-corrected chi connectivity index (χ1v) is 6.83. The molecule has 1 unspecified atom stereocenters. The second-order valence-electron chi connectivity index (χ2n) is 5.00. The summed E-state index contributed by atoms with van der Waals surface area (Å²) in [5, 5.41) is 14.6. The van der Waals surface area contributed by atoms with E-state index in [2.05, 4.69) is 15.6 Å². The molecule has 0 spiro atoms. The zero-order valence-corrected chi connectivity index (χ0v) is 12.1. The highest BCUT2D eigenvalue weighted by Gasteiger charge is 2.14. The molecular weight excluding hydrogens is 286 g/mol. The van der Waals surface area contributed by atoms with Crippen LogP contribution >= 0.6 is 0 Å². The lowest BCUT2D eigenvalue weighted by atomic mass is 10.2. The molecule has 116 valence electrons. The predicted octanol–water partition coefficient (Wildman–Crippen LogP) is 0.735. The molecule has 0 bridgehead atoms. The lowest BCUT2D eigenvalue weighted by Gasteiger charge is -2.08. The number of aromatic nitrogens is 1. The summed E-state index contributed by atoms with van der Waals surface area (Å²) in [6.45, 7) is 1.31. The van der Waals surface area contributed by atoms with Crippen molar-refractivity contribution >= 4 is 28.7 Å². The Morgan fingerprint density at radius 3 is 2.64 bits per heavy atom. The molecule has 1 aromatic heterocycles. The van der Waals surface area contributed by atoms with Gasteiger partial charge in [0.25, 0.3) is 5.91 Å². The van der Waals surface area contributed by atoms with E-state index in [4.69, 9.17) is 5.11 Å². The van der Waals surface area contributed by atoms with Gasteiger partial charge in [-0.15, -0.1) is 0 Å². The Morgan fingerprint density at radius 1 is 1.23 bits per heavy atom. The van der Waals surface area contributed by atoms with Crippen molar-refractivity contribution in [1.82, 2.24) is 15.6 Å². The molecule has 1 aromatic carbocycles. The number of carbonyl (C=O) groups is 3. The second kappa shape index (κ2) is 6.75. The van der Waals surface area contributed by atoms with Crippen molar-refractivity contribution in [2.45, 2.75) is 6.92 Å². The van der Waals surface area contributed by atoms with Gasteiger partial charge in [0.05, 0.1) is 12.5 Å². The van der Waals surface area contributed by atoms with Gasteiger partial charge < -0.3 is 20.7 Å². The minimum atomic E-state index is -0.984. The molecular formula is C15H17N3O4. The Morgan fingerprint density at radius 2 is 1.95 bits per heavy atom. The average molecular weight is 303 g/mol. The summed E-state index contributed by atoms with van der Waals surface area (Å²) < 4.78 is 0. The van der Waals surface area contributed by atoms with Gasteiger partial charge in [-0.3, -0.25) is 14.4 Å². The first-order chi connectivity index (χ1) is 10.5. The number of carbonyl (C=O) groups excluding carboxylic acids is 2. The molecule has 7 nitrogen and oxygen atoms in total. The van der Waals surface area contributed by atoms with Gasteiger partial charge in [0.2, 0.25) is 5.91 Å². The highest BCUT2D eigenvalue weighted by atomic mass is 16.4. The van der Waals surface area contributed by atoms with Gasteiger partial charge >= 0.3 is 5.97 Å². The largest absolute Gasteiger partial charge is 0.481 e. The molecule has 0 aliphatic heterocycles. The van der Waals surface area contributed by atoms with Gasteiger partial charge in [-0.2, -0.15) is 0 Å². The second-order valence-corrected chi connectivity index (χ2v) is 5.00. The number of rotatable bonds is 6. The first-order valence-electron chi connectivity index (χ1n) is 6.83. The number of aromatic amines is 1. The van der Waals surface area contributed by atoms with Crippen LogP contribution < -0.4 is 10.6 Å². The summed E-state index contributed by atoms with van der Waals surface area (Å²) in [4.78, 5) is 37.1. The Bertz CT molecular complexity index is 675. The Labute approximate surface area is 126 Å². The Balaban J connectivity index is 1.84. The minimum Gasteiger partial charge on any atom is -0.481 e. The fraction of sp³-hybridized carbons (Fsp3) is 0.267. The fourth-order valence-corrected chi connectivity index (χ4v) is 1.87. The van der Waals surface area contributed by atoms with E-state index in [0.717, 1.165) is 10.9 Å². The lowest BCUT2D eigenvalue weighted by molar-refractivity contribution is -0.141. The molecule has 1 heterocycles. The van der Waals surface area contributed by atoms with Crippen molar-refractivity contribution in [3.63, 3.8) is 0 Å². The number of aliphatic carboxylic acids is 1. The highest BCUT2D eigenvalue weighted by Crippen LogP contribution is 2.14. The molecule has 2 aromatic rings. The number of carboxylic acid groups (broad SMARTS) is 1. The normalized spacial score (nSPS) is 11.9. The minimum absolute atomic E-state index is 0.0242. The SMILES string of the molecule is CC(CNC(=O)CNC(=O)c1cc2ccccc2[nH]1)C(=O)O. The van der Waals surface area contributed by atoms with Gasteiger partial charge in [0.1, 0.15) is 5.69 Å². The van der Waals surface area contributed by atoms with Crippen molar-refractivity contribution in [2.24, 2.45) is 5.92 Å². The first kappa shape index (κ1) is 15.6. The van der Waals surface area contributed by atoms with Crippen LogP contribution in [0.1, 0.15) is 17.4 Å². The number of nitrogens with one attached hydrogen (secondary N) is 3. The molecule has 0 radical (unpaired) electrons. The van der Waals surface area contributed by atoms with Crippen LogP contribution in [0.3, 0.4) is 0 Å². The summed E-state index contributed by atoms with van der Waals surface area (Å²) in [6, 6.07) is 9.16. The third kappa shape index (κ3) is 3.85. The number of carboxylic acids is 1. The molecule has 1 atom stereocenters. The quantitative estimate of drug-likeness (QED) is 0.630. The lowest BCUT2D eigenvalue weighted by Crippen LogP contribution is -2.39. The number of para-hydroxylation sites is 1. The Kier molecular flexibility index (Phi) is 4.77. The third-order valence-corrected chi connectivity index (χ3v) is 3.21.